The lowest BCUT2D eigenvalue weighted by atomic mass is 10.1. The van der Waals surface area contributed by atoms with Gasteiger partial charge in [0.1, 0.15) is 5.75 Å². The van der Waals surface area contributed by atoms with Crippen molar-refractivity contribution in [1.29, 1.82) is 0 Å². The Bertz CT molecular complexity index is 1600. The Labute approximate surface area is 229 Å². The molecule has 0 aliphatic carbocycles. The fraction of sp³-hybridized carbons (Fsp3) is 0.357. The normalized spacial score (nSPS) is 15.7. The first-order chi connectivity index (χ1) is 19.2. The van der Waals surface area contributed by atoms with Crippen LogP contribution in [0.1, 0.15) is 25.0 Å². The number of rotatable bonds is 7. The van der Waals surface area contributed by atoms with Crippen LogP contribution >= 0.6 is 0 Å². The summed E-state index contributed by atoms with van der Waals surface area (Å²) in [5, 5.41) is 10.3. The summed E-state index contributed by atoms with van der Waals surface area (Å²) in [5.41, 5.74) is 2.62. The van der Waals surface area contributed by atoms with Crippen LogP contribution in [0.5, 0.6) is 5.75 Å². The van der Waals surface area contributed by atoms with Gasteiger partial charge in [0, 0.05) is 63.2 Å². The monoisotopic (exact) mass is 552 g/mol. The number of anilines is 1. The number of aliphatic hydroxyl groups excluding tert-OH is 1. The van der Waals surface area contributed by atoms with Crippen LogP contribution in [0.4, 0.5) is 14.7 Å². The molecule has 0 radical (unpaired) electrons. The summed E-state index contributed by atoms with van der Waals surface area (Å²) in [6, 6.07) is 10.0. The molecule has 1 aliphatic heterocycles. The first kappa shape index (κ1) is 27.3. The Morgan fingerprint density at radius 1 is 1.15 bits per heavy atom. The van der Waals surface area contributed by atoms with Crippen molar-refractivity contribution < 1.29 is 23.4 Å². The molecule has 2 aromatic heterocycles. The molecule has 1 N–H and O–H groups in total. The first-order valence-corrected chi connectivity index (χ1v) is 12.9. The van der Waals surface area contributed by atoms with Crippen LogP contribution in [0.25, 0.3) is 22.0 Å². The Morgan fingerprint density at radius 3 is 2.55 bits per heavy atom. The number of hydrogen-bond acceptors (Lipinski definition) is 7. The van der Waals surface area contributed by atoms with Gasteiger partial charge in [-0.05, 0) is 36.2 Å². The van der Waals surface area contributed by atoms with E-state index >= 15 is 0 Å². The van der Waals surface area contributed by atoms with E-state index in [4.69, 9.17) is 4.74 Å². The molecule has 40 heavy (non-hydrogen) atoms. The molecular formula is C28H30F2N6O4. The van der Waals surface area contributed by atoms with Gasteiger partial charge in [0.2, 0.25) is 11.9 Å². The predicted octanol–water partition coefficient (Wildman–Crippen LogP) is 3.00. The number of aliphatic hydroxyl groups is 1. The molecule has 12 heteroatoms. The van der Waals surface area contributed by atoms with Crippen LogP contribution < -0.4 is 15.2 Å². The zero-order valence-corrected chi connectivity index (χ0v) is 22.4. The number of piperazine rings is 1. The standard InChI is InChI=1S/C28H30F2N6O4/c1-17-14-34(18(2)38)9-10-35(17)28-31-12-21(13-32-28)19-7-8-22-24(11-19)36(33(3)26(22)39)15-23-20(16-37)5-4-6-25(23)40-27(29)30/h4-8,11-13,17,27,37H,9-10,14-16H2,1-3H3/t17-/m1/s1. The van der Waals surface area contributed by atoms with E-state index in [0.29, 0.717) is 47.6 Å². The summed E-state index contributed by atoms with van der Waals surface area (Å²) in [6.45, 7) is 2.06. The van der Waals surface area contributed by atoms with Gasteiger partial charge in [-0.25, -0.2) is 9.97 Å². The van der Waals surface area contributed by atoms with Gasteiger partial charge in [-0.2, -0.15) is 8.78 Å². The Morgan fingerprint density at radius 2 is 1.90 bits per heavy atom. The molecule has 4 aromatic rings. The summed E-state index contributed by atoms with van der Waals surface area (Å²) in [7, 11) is 1.60. The molecule has 1 atom stereocenters. The van der Waals surface area contributed by atoms with E-state index in [1.807, 2.05) is 24.0 Å². The largest absolute Gasteiger partial charge is 0.434 e. The van der Waals surface area contributed by atoms with E-state index in [-0.39, 0.29) is 36.4 Å². The van der Waals surface area contributed by atoms with Crippen molar-refractivity contribution in [2.45, 2.75) is 39.7 Å². The second-order valence-electron chi connectivity index (χ2n) is 9.83. The van der Waals surface area contributed by atoms with E-state index in [1.165, 1.54) is 16.8 Å². The molecule has 0 bridgehead atoms. The van der Waals surface area contributed by atoms with E-state index in [9.17, 15) is 23.5 Å². The average molecular weight is 553 g/mol. The van der Waals surface area contributed by atoms with Crippen molar-refractivity contribution in [2.75, 3.05) is 24.5 Å². The number of ether oxygens (including phenoxy) is 1. The first-order valence-electron chi connectivity index (χ1n) is 12.9. The maximum Gasteiger partial charge on any atom is 0.387 e. The number of carbonyl (C=O) groups excluding carboxylic acids is 1. The third kappa shape index (κ3) is 5.14. The molecule has 10 nitrogen and oxygen atoms in total. The van der Waals surface area contributed by atoms with Gasteiger partial charge in [-0.15, -0.1) is 0 Å². The highest BCUT2D eigenvalue weighted by molar-refractivity contribution is 5.84. The average Bonchev–Trinajstić information content (AvgIpc) is 3.17. The number of nitrogens with zero attached hydrogens (tertiary/aromatic N) is 6. The highest BCUT2D eigenvalue weighted by atomic mass is 19.3. The number of hydrogen-bond donors (Lipinski definition) is 1. The number of alkyl halides is 2. The number of amides is 1. The SMILES string of the molecule is CC(=O)N1CCN(c2ncc(-c3ccc4c(=O)n(C)n(Cc5c(CO)cccc5OC(F)F)c4c3)cn2)[C@H](C)C1. The summed E-state index contributed by atoms with van der Waals surface area (Å²) >= 11 is 0. The Kier molecular flexibility index (Phi) is 7.53. The summed E-state index contributed by atoms with van der Waals surface area (Å²) in [6.07, 6.45) is 3.43. The van der Waals surface area contributed by atoms with Gasteiger partial charge >= 0.3 is 6.61 Å². The number of halogens is 2. The van der Waals surface area contributed by atoms with E-state index in [0.717, 1.165) is 11.1 Å². The minimum absolute atomic E-state index is 0.0248. The molecule has 210 valence electrons. The molecule has 0 spiro atoms. The molecule has 1 saturated heterocycles. The fourth-order valence-electron chi connectivity index (χ4n) is 5.20. The van der Waals surface area contributed by atoms with Gasteiger partial charge in [-0.1, -0.05) is 18.2 Å². The van der Waals surface area contributed by atoms with Gasteiger partial charge < -0.3 is 19.6 Å². The maximum absolute atomic E-state index is 13.1. The minimum Gasteiger partial charge on any atom is -0.434 e. The van der Waals surface area contributed by atoms with Crippen molar-refractivity contribution in [1.82, 2.24) is 24.2 Å². The fourth-order valence-corrected chi connectivity index (χ4v) is 5.20. The number of fused-ring (bicyclic) bond motifs is 1. The molecule has 1 aliphatic rings. The highest BCUT2D eigenvalue weighted by Gasteiger charge is 2.27. The van der Waals surface area contributed by atoms with Crippen molar-refractivity contribution in [3.05, 3.63) is 70.3 Å². The van der Waals surface area contributed by atoms with Crippen LogP contribution in [0, 0.1) is 0 Å². The van der Waals surface area contributed by atoms with E-state index < -0.39 is 6.61 Å². The van der Waals surface area contributed by atoms with Crippen molar-refractivity contribution in [2.24, 2.45) is 7.05 Å². The van der Waals surface area contributed by atoms with Crippen molar-refractivity contribution >= 4 is 22.8 Å². The molecule has 2 aromatic carbocycles. The van der Waals surface area contributed by atoms with Crippen LogP contribution in [0.2, 0.25) is 0 Å². The summed E-state index contributed by atoms with van der Waals surface area (Å²) < 4.78 is 34.0. The van der Waals surface area contributed by atoms with E-state index in [2.05, 4.69) is 14.9 Å². The van der Waals surface area contributed by atoms with Gasteiger partial charge in [0.15, 0.2) is 0 Å². The smallest absolute Gasteiger partial charge is 0.387 e. The lowest BCUT2D eigenvalue weighted by molar-refractivity contribution is -0.129. The van der Waals surface area contributed by atoms with Crippen molar-refractivity contribution in [3.63, 3.8) is 0 Å². The number of carbonyl (C=O) groups is 1. The second kappa shape index (κ2) is 11.0. The maximum atomic E-state index is 13.1. The number of benzene rings is 2. The van der Waals surface area contributed by atoms with Crippen molar-refractivity contribution in [3.8, 4) is 16.9 Å². The molecule has 0 saturated carbocycles. The third-order valence-corrected chi connectivity index (χ3v) is 7.39. The van der Waals surface area contributed by atoms with Gasteiger partial charge in [0.25, 0.3) is 5.56 Å². The zero-order valence-electron chi connectivity index (χ0n) is 22.4. The van der Waals surface area contributed by atoms with Crippen LogP contribution in [-0.2, 0) is 25.0 Å². The molecule has 1 fully saturated rings. The van der Waals surface area contributed by atoms with Gasteiger partial charge in [-0.3, -0.25) is 19.0 Å². The molecule has 5 rings (SSSR count). The Balaban J connectivity index is 1.48. The van der Waals surface area contributed by atoms with Crippen LogP contribution in [-0.4, -0.2) is 67.5 Å². The highest BCUT2D eigenvalue weighted by Crippen LogP contribution is 2.29. The number of aromatic nitrogens is 4. The topological polar surface area (TPSA) is 106 Å². The zero-order chi connectivity index (χ0) is 28.6. The second-order valence-corrected chi connectivity index (χ2v) is 9.83. The van der Waals surface area contributed by atoms with Crippen LogP contribution in [0.3, 0.4) is 0 Å². The molecule has 3 heterocycles. The van der Waals surface area contributed by atoms with Gasteiger partial charge in [0.05, 0.1) is 24.1 Å². The molecule has 0 unspecified atom stereocenters. The summed E-state index contributed by atoms with van der Waals surface area (Å²) in [5.74, 6) is 0.564. The third-order valence-electron chi connectivity index (χ3n) is 7.39. The van der Waals surface area contributed by atoms with E-state index in [1.54, 1.807) is 43.2 Å². The molecule has 1 amide bonds. The Hall–Kier alpha value is -4.32. The minimum atomic E-state index is -3.03. The lowest BCUT2D eigenvalue weighted by Gasteiger charge is -2.39. The summed E-state index contributed by atoms with van der Waals surface area (Å²) in [4.78, 5) is 37.8. The lowest BCUT2D eigenvalue weighted by Crippen LogP contribution is -2.53. The predicted molar refractivity (Wildman–Crippen MR) is 145 cm³/mol. The quantitative estimate of drug-likeness (QED) is 0.376. The van der Waals surface area contributed by atoms with Crippen LogP contribution in [0.15, 0.2) is 53.6 Å². The molecular weight excluding hydrogens is 522 g/mol.